The predicted octanol–water partition coefficient (Wildman–Crippen LogP) is 4.65. The van der Waals surface area contributed by atoms with E-state index in [9.17, 15) is 14.4 Å². The summed E-state index contributed by atoms with van der Waals surface area (Å²) in [6.07, 6.45) is 3.68. The number of hydrogen-bond acceptors (Lipinski definition) is 5. The number of nitrogens with two attached hydrogens (primary N) is 1. The first-order chi connectivity index (χ1) is 15.5. The summed E-state index contributed by atoms with van der Waals surface area (Å²) in [5, 5.41) is 13.8. The average molecular weight is 425 g/mol. The van der Waals surface area contributed by atoms with Crippen LogP contribution in [0, 0.1) is 17.1 Å². The summed E-state index contributed by atoms with van der Waals surface area (Å²) in [7, 11) is 0. The van der Waals surface area contributed by atoms with Crippen molar-refractivity contribution in [2.24, 2.45) is 5.73 Å². The lowest BCUT2D eigenvalue weighted by molar-refractivity contribution is -0.118. The maximum atomic E-state index is 13.6. The largest absolute Gasteiger partial charge is 0.372 e. The Kier molecular flexibility index (Phi) is 5.77. The number of rotatable bonds is 6. The normalized spacial score (nSPS) is 11.7. The highest BCUT2D eigenvalue weighted by molar-refractivity contribution is 5.99. The standard InChI is InChI=1S/C25H20FN5O/c1-2-21(25(28)32)30-24-19-10-11-29-14-22(19)31-23(20(24)13-27)16-8-6-15(7-9-16)17-4-3-5-18(26)12-17/h3-12,14,21H,2H2,1H3,(H2,28,32)(H,30,31)/t21-/m1/s1. The monoisotopic (exact) mass is 425 g/mol. The molecule has 6 nitrogen and oxygen atoms in total. The average Bonchev–Trinajstić information content (AvgIpc) is 2.81. The lowest BCUT2D eigenvalue weighted by Gasteiger charge is -2.19. The number of amides is 1. The second-order valence-corrected chi connectivity index (χ2v) is 7.31. The van der Waals surface area contributed by atoms with Crippen LogP contribution in [0.2, 0.25) is 0 Å². The van der Waals surface area contributed by atoms with Gasteiger partial charge >= 0.3 is 0 Å². The highest BCUT2D eigenvalue weighted by Gasteiger charge is 2.21. The quantitative estimate of drug-likeness (QED) is 0.468. The van der Waals surface area contributed by atoms with Crippen molar-refractivity contribution in [2.45, 2.75) is 19.4 Å². The number of anilines is 1. The van der Waals surface area contributed by atoms with Crippen molar-refractivity contribution in [1.82, 2.24) is 9.97 Å². The van der Waals surface area contributed by atoms with Gasteiger partial charge in [-0.3, -0.25) is 9.78 Å². The van der Waals surface area contributed by atoms with Crippen LogP contribution >= 0.6 is 0 Å². The van der Waals surface area contributed by atoms with Crippen molar-refractivity contribution < 1.29 is 9.18 Å². The maximum absolute atomic E-state index is 13.6. The number of primary amides is 1. The molecular weight excluding hydrogens is 405 g/mol. The van der Waals surface area contributed by atoms with Crippen molar-refractivity contribution in [3.05, 3.63) is 78.4 Å². The van der Waals surface area contributed by atoms with Crippen LogP contribution in [-0.4, -0.2) is 21.9 Å². The first kappa shape index (κ1) is 20.9. The summed E-state index contributed by atoms with van der Waals surface area (Å²) in [5.41, 5.74) is 9.67. The molecule has 0 bridgehead atoms. The van der Waals surface area contributed by atoms with Crippen LogP contribution < -0.4 is 11.1 Å². The lowest BCUT2D eigenvalue weighted by Crippen LogP contribution is -2.35. The molecule has 4 aromatic rings. The Bertz CT molecular complexity index is 1350. The third-order valence-corrected chi connectivity index (χ3v) is 5.29. The van der Waals surface area contributed by atoms with E-state index in [0.29, 0.717) is 39.8 Å². The van der Waals surface area contributed by atoms with E-state index >= 15 is 0 Å². The molecule has 4 rings (SSSR count). The SMILES string of the molecule is CC[C@@H](Nc1c(C#N)c(-c2ccc(-c3cccc(F)c3)cc2)nc2cnccc12)C(N)=O. The number of fused-ring (bicyclic) bond motifs is 1. The molecule has 0 aliphatic heterocycles. The molecule has 0 aliphatic rings. The number of nitriles is 1. The van der Waals surface area contributed by atoms with Gasteiger partial charge in [-0.05, 0) is 35.7 Å². The van der Waals surface area contributed by atoms with Gasteiger partial charge in [0.05, 0.1) is 23.1 Å². The molecule has 0 fully saturated rings. The Morgan fingerprint density at radius 2 is 1.91 bits per heavy atom. The van der Waals surface area contributed by atoms with Crippen LogP contribution in [0.1, 0.15) is 18.9 Å². The Morgan fingerprint density at radius 3 is 2.56 bits per heavy atom. The second kappa shape index (κ2) is 8.82. The van der Waals surface area contributed by atoms with Gasteiger partial charge < -0.3 is 11.1 Å². The minimum atomic E-state index is -0.635. The Hall–Kier alpha value is -4.31. The third-order valence-electron chi connectivity index (χ3n) is 5.29. The molecule has 0 saturated carbocycles. The zero-order valence-electron chi connectivity index (χ0n) is 17.3. The smallest absolute Gasteiger partial charge is 0.239 e. The molecule has 0 aliphatic carbocycles. The van der Waals surface area contributed by atoms with E-state index in [-0.39, 0.29) is 5.82 Å². The van der Waals surface area contributed by atoms with Crippen LogP contribution in [0.15, 0.2) is 67.0 Å². The first-order valence-corrected chi connectivity index (χ1v) is 10.1. The predicted molar refractivity (Wildman–Crippen MR) is 122 cm³/mol. The van der Waals surface area contributed by atoms with Crippen molar-refractivity contribution in [2.75, 3.05) is 5.32 Å². The maximum Gasteiger partial charge on any atom is 0.239 e. The van der Waals surface area contributed by atoms with Gasteiger partial charge in [-0.1, -0.05) is 43.3 Å². The highest BCUT2D eigenvalue weighted by atomic mass is 19.1. The van der Waals surface area contributed by atoms with E-state index in [4.69, 9.17) is 5.73 Å². The molecule has 0 spiro atoms. The Morgan fingerprint density at radius 1 is 1.16 bits per heavy atom. The summed E-state index contributed by atoms with van der Waals surface area (Å²) in [6, 6.07) is 17.1. The van der Waals surface area contributed by atoms with Crippen LogP contribution in [0.3, 0.4) is 0 Å². The van der Waals surface area contributed by atoms with Crippen LogP contribution in [0.25, 0.3) is 33.3 Å². The zero-order valence-corrected chi connectivity index (χ0v) is 17.3. The van der Waals surface area contributed by atoms with Gasteiger partial charge in [0.15, 0.2) is 0 Å². The molecule has 1 amide bonds. The van der Waals surface area contributed by atoms with Crippen LogP contribution in [0.4, 0.5) is 10.1 Å². The first-order valence-electron chi connectivity index (χ1n) is 10.1. The summed E-state index contributed by atoms with van der Waals surface area (Å²) < 4.78 is 13.6. The van der Waals surface area contributed by atoms with Gasteiger partial charge in [-0.2, -0.15) is 5.26 Å². The topological polar surface area (TPSA) is 105 Å². The van der Waals surface area contributed by atoms with Gasteiger partial charge in [-0.25, -0.2) is 9.37 Å². The second-order valence-electron chi connectivity index (χ2n) is 7.31. The molecule has 32 heavy (non-hydrogen) atoms. The molecule has 2 heterocycles. The van der Waals surface area contributed by atoms with Crippen molar-refractivity contribution in [3.63, 3.8) is 0 Å². The highest BCUT2D eigenvalue weighted by Crippen LogP contribution is 2.34. The number of aromatic nitrogens is 2. The van der Waals surface area contributed by atoms with E-state index in [1.165, 1.54) is 12.1 Å². The third kappa shape index (κ3) is 3.98. The van der Waals surface area contributed by atoms with Crippen LogP contribution in [-0.2, 0) is 4.79 Å². The number of nitrogens with zero attached hydrogens (tertiary/aromatic N) is 3. The molecule has 0 radical (unpaired) electrons. The number of carbonyl (C=O) groups is 1. The molecular formula is C25H20FN5O. The molecule has 7 heteroatoms. The van der Waals surface area contributed by atoms with Crippen molar-refractivity contribution in [3.8, 4) is 28.5 Å². The number of hydrogen-bond donors (Lipinski definition) is 2. The van der Waals surface area contributed by atoms with Crippen LogP contribution in [0.5, 0.6) is 0 Å². The number of nitrogens with one attached hydrogen (secondary N) is 1. The number of pyridine rings is 2. The molecule has 0 saturated heterocycles. The van der Waals surface area contributed by atoms with E-state index in [1.54, 1.807) is 24.5 Å². The minimum absolute atomic E-state index is 0.307. The van der Waals surface area contributed by atoms with Gasteiger partial charge in [0, 0.05) is 17.1 Å². The molecule has 1 atom stereocenters. The Balaban J connectivity index is 1.85. The number of benzene rings is 2. The van der Waals surface area contributed by atoms with Gasteiger partial charge in [0.25, 0.3) is 0 Å². The summed E-state index contributed by atoms with van der Waals surface area (Å²) >= 11 is 0. The molecule has 158 valence electrons. The minimum Gasteiger partial charge on any atom is -0.372 e. The van der Waals surface area contributed by atoms with Gasteiger partial charge in [-0.15, -0.1) is 0 Å². The number of carbonyl (C=O) groups excluding carboxylic acids is 1. The van der Waals surface area contributed by atoms with Crippen molar-refractivity contribution in [1.29, 1.82) is 5.26 Å². The van der Waals surface area contributed by atoms with Crippen molar-refractivity contribution >= 4 is 22.5 Å². The van der Waals surface area contributed by atoms with E-state index in [1.807, 2.05) is 37.3 Å². The fourth-order valence-electron chi connectivity index (χ4n) is 3.62. The van der Waals surface area contributed by atoms with E-state index in [0.717, 1.165) is 11.1 Å². The zero-order chi connectivity index (χ0) is 22.7. The van der Waals surface area contributed by atoms with E-state index in [2.05, 4.69) is 21.4 Å². The van der Waals surface area contributed by atoms with Gasteiger partial charge in [0.2, 0.25) is 5.91 Å². The number of halogens is 1. The fraction of sp³-hybridized carbons (Fsp3) is 0.120. The van der Waals surface area contributed by atoms with E-state index < -0.39 is 11.9 Å². The lowest BCUT2D eigenvalue weighted by atomic mass is 9.98. The molecule has 0 unspecified atom stereocenters. The van der Waals surface area contributed by atoms with Gasteiger partial charge in [0.1, 0.15) is 23.5 Å². The fourth-order valence-corrected chi connectivity index (χ4v) is 3.62. The summed E-state index contributed by atoms with van der Waals surface area (Å²) in [6.45, 7) is 1.84. The molecule has 2 aromatic carbocycles. The molecule has 3 N–H and O–H groups in total. The summed E-state index contributed by atoms with van der Waals surface area (Å²) in [5.74, 6) is -0.811. The summed E-state index contributed by atoms with van der Waals surface area (Å²) in [4.78, 5) is 20.7. The molecule has 2 aromatic heterocycles. The Labute approximate surface area is 184 Å².